The predicted octanol–water partition coefficient (Wildman–Crippen LogP) is 2.88. The van der Waals surface area contributed by atoms with Crippen molar-refractivity contribution < 1.29 is 4.74 Å². The first-order chi connectivity index (χ1) is 8.65. The average Bonchev–Trinajstić information content (AvgIpc) is 2.71. The van der Waals surface area contributed by atoms with Crippen molar-refractivity contribution in [1.82, 2.24) is 15.3 Å². The number of imidazole rings is 1. The number of nitrogens with one attached hydrogen (secondary N) is 2. The van der Waals surface area contributed by atoms with Gasteiger partial charge in [0.25, 0.3) is 0 Å². The Labute approximate surface area is 115 Å². The fourth-order valence-electron chi connectivity index (χ4n) is 1.87. The van der Waals surface area contributed by atoms with E-state index in [2.05, 4.69) is 31.2 Å². The van der Waals surface area contributed by atoms with Crippen LogP contribution in [-0.4, -0.2) is 24.1 Å². The molecule has 0 saturated heterocycles. The molecule has 0 aliphatic carbocycles. The van der Waals surface area contributed by atoms with Crippen molar-refractivity contribution in [2.75, 3.05) is 14.2 Å². The molecule has 0 atom stereocenters. The summed E-state index contributed by atoms with van der Waals surface area (Å²) in [5, 5.41) is 3.08. The van der Waals surface area contributed by atoms with Gasteiger partial charge in [0.1, 0.15) is 11.6 Å². The van der Waals surface area contributed by atoms with E-state index in [0.29, 0.717) is 0 Å². The molecule has 2 rings (SSSR count). The molecule has 0 bridgehead atoms. The highest BCUT2D eigenvalue weighted by molar-refractivity contribution is 9.10. The van der Waals surface area contributed by atoms with Crippen LogP contribution in [0.3, 0.4) is 0 Å². The van der Waals surface area contributed by atoms with Crippen molar-refractivity contribution >= 4 is 15.9 Å². The number of nitrogens with zero attached hydrogens (tertiary/aromatic N) is 1. The summed E-state index contributed by atoms with van der Waals surface area (Å²) in [6.45, 7) is 2.76. The van der Waals surface area contributed by atoms with E-state index in [1.807, 2.05) is 32.2 Å². The van der Waals surface area contributed by atoms with Crippen LogP contribution in [0, 0.1) is 6.92 Å². The highest BCUT2D eigenvalue weighted by Gasteiger charge is 2.10. The molecule has 96 valence electrons. The normalized spacial score (nSPS) is 10.7. The molecule has 5 heteroatoms. The monoisotopic (exact) mass is 309 g/mol. The molecule has 4 nitrogen and oxygen atoms in total. The van der Waals surface area contributed by atoms with E-state index in [1.54, 1.807) is 7.11 Å². The Morgan fingerprint density at radius 3 is 2.83 bits per heavy atom. The number of benzene rings is 1. The minimum absolute atomic E-state index is 0.734. The molecule has 1 aromatic carbocycles. The fraction of sp³-hybridized carbons (Fsp3) is 0.308. The third kappa shape index (κ3) is 2.57. The molecule has 18 heavy (non-hydrogen) atoms. The minimum atomic E-state index is 0.734. The summed E-state index contributed by atoms with van der Waals surface area (Å²) < 4.78 is 6.16. The largest absolute Gasteiger partial charge is 0.496 e. The van der Waals surface area contributed by atoms with Gasteiger partial charge in [-0.2, -0.15) is 0 Å². The number of methoxy groups -OCH3 is 1. The Morgan fingerprint density at radius 1 is 1.44 bits per heavy atom. The van der Waals surface area contributed by atoms with Gasteiger partial charge in [0, 0.05) is 11.3 Å². The van der Waals surface area contributed by atoms with E-state index in [4.69, 9.17) is 4.74 Å². The second-order valence-corrected chi connectivity index (χ2v) is 4.89. The van der Waals surface area contributed by atoms with Crippen molar-refractivity contribution in [2.24, 2.45) is 0 Å². The third-order valence-electron chi connectivity index (χ3n) is 2.70. The molecular formula is C13H16BrN3O. The van der Waals surface area contributed by atoms with E-state index in [9.17, 15) is 0 Å². The van der Waals surface area contributed by atoms with Gasteiger partial charge < -0.3 is 15.0 Å². The summed E-state index contributed by atoms with van der Waals surface area (Å²) >= 11 is 3.49. The number of rotatable bonds is 4. The third-order valence-corrected chi connectivity index (χ3v) is 3.32. The Balaban J connectivity index is 2.39. The van der Waals surface area contributed by atoms with Crippen molar-refractivity contribution in [3.05, 3.63) is 34.2 Å². The van der Waals surface area contributed by atoms with Gasteiger partial charge in [-0.15, -0.1) is 0 Å². The van der Waals surface area contributed by atoms with Crippen LogP contribution in [-0.2, 0) is 6.54 Å². The molecule has 0 aliphatic heterocycles. The summed E-state index contributed by atoms with van der Waals surface area (Å²) in [6.07, 6.45) is 0. The lowest BCUT2D eigenvalue weighted by molar-refractivity contribution is 0.412. The number of hydrogen-bond donors (Lipinski definition) is 2. The van der Waals surface area contributed by atoms with Gasteiger partial charge in [-0.05, 0) is 48.1 Å². The molecule has 0 amide bonds. The molecule has 2 N–H and O–H groups in total. The van der Waals surface area contributed by atoms with Crippen LogP contribution in [0.1, 0.15) is 11.5 Å². The summed E-state index contributed by atoms with van der Waals surface area (Å²) in [4.78, 5) is 7.86. The van der Waals surface area contributed by atoms with Crippen LogP contribution >= 0.6 is 15.9 Å². The Morgan fingerprint density at radius 2 is 2.22 bits per heavy atom. The molecule has 0 fully saturated rings. The Bertz CT molecular complexity index is 551. The number of aryl methyl sites for hydroxylation is 1. The zero-order valence-corrected chi connectivity index (χ0v) is 12.3. The zero-order valence-electron chi connectivity index (χ0n) is 10.7. The van der Waals surface area contributed by atoms with E-state index in [1.165, 1.54) is 0 Å². The number of ether oxygens (including phenoxy) is 1. The van der Waals surface area contributed by atoms with Gasteiger partial charge in [-0.25, -0.2) is 4.98 Å². The second-order valence-electron chi connectivity index (χ2n) is 4.04. The maximum absolute atomic E-state index is 5.22. The van der Waals surface area contributed by atoms with E-state index >= 15 is 0 Å². The maximum Gasteiger partial charge on any atom is 0.133 e. The lowest BCUT2D eigenvalue weighted by Crippen LogP contribution is -2.06. The lowest BCUT2D eigenvalue weighted by Gasteiger charge is -2.05. The van der Waals surface area contributed by atoms with E-state index < -0.39 is 0 Å². The molecule has 1 heterocycles. The summed E-state index contributed by atoms with van der Waals surface area (Å²) in [7, 11) is 3.56. The standard InChI is InChI=1S/C13H16BrN3O/c1-8-13(17-12(16-8)7-15-2)9-4-5-11(18-3)10(14)6-9/h4-6,15H,7H2,1-3H3,(H,16,17). The van der Waals surface area contributed by atoms with Gasteiger partial charge in [0.2, 0.25) is 0 Å². The summed E-state index contributed by atoms with van der Waals surface area (Å²) in [5.74, 6) is 1.76. The van der Waals surface area contributed by atoms with Gasteiger partial charge in [-0.3, -0.25) is 0 Å². The van der Waals surface area contributed by atoms with Crippen molar-refractivity contribution in [2.45, 2.75) is 13.5 Å². The fourth-order valence-corrected chi connectivity index (χ4v) is 2.41. The smallest absolute Gasteiger partial charge is 0.133 e. The van der Waals surface area contributed by atoms with Crippen molar-refractivity contribution in [1.29, 1.82) is 0 Å². The van der Waals surface area contributed by atoms with Gasteiger partial charge in [-0.1, -0.05) is 0 Å². The molecule has 0 saturated carbocycles. The lowest BCUT2D eigenvalue weighted by atomic mass is 10.1. The Hall–Kier alpha value is -1.33. The highest BCUT2D eigenvalue weighted by atomic mass is 79.9. The highest BCUT2D eigenvalue weighted by Crippen LogP contribution is 2.30. The van der Waals surface area contributed by atoms with Crippen molar-refractivity contribution in [3.63, 3.8) is 0 Å². The number of aromatic nitrogens is 2. The van der Waals surface area contributed by atoms with Crippen LogP contribution in [0.25, 0.3) is 11.3 Å². The first kappa shape index (κ1) is 13.1. The summed E-state index contributed by atoms with van der Waals surface area (Å²) in [5.41, 5.74) is 3.11. The van der Waals surface area contributed by atoms with E-state index in [-0.39, 0.29) is 0 Å². The first-order valence-electron chi connectivity index (χ1n) is 5.69. The summed E-state index contributed by atoms with van der Waals surface area (Å²) in [6, 6.07) is 5.96. The molecule has 0 aliphatic rings. The van der Waals surface area contributed by atoms with Crippen LogP contribution in [0.2, 0.25) is 0 Å². The molecular weight excluding hydrogens is 294 g/mol. The van der Waals surface area contributed by atoms with Crippen LogP contribution < -0.4 is 10.1 Å². The topological polar surface area (TPSA) is 49.9 Å². The number of aromatic amines is 1. The molecule has 0 radical (unpaired) electrons. The predicted molar refractivity (Wildman–Crippen MR) is 75.8 cm³/mol. The first-order valence-corrected chi connectivity index (χ1v) is 6.49. The van der Waals surface area contributed by atoms with E-state index in [0.717, 1.165) is 39.5 Å². The van der Waals surface area contributed by atoms with Crippen LogP contribution in [0.4, 0.5) is 0 Å². The SMILES string of the molecule is CNCc1nc(-c2ccc(OC)c(Br)c2)c(C)[nH]1. The average molecular weight is 310 g/mol. The molecule has 0 spiro atoms. The van der Waals surface area contributed by atoms with Gasteiger partial charge in [0.05, 0.1) is 23.8 Å². The quantitative estimate of drug-likeness (QED) is 0.913. The minimum Gasteiger partial charge on any atom is -0.496 e. The molecule has 0 unspecified atom stereocenters. The zero-order chi connectivity index (χ0) is 13.1. The van der Waals surface area contributed by atoms with Crippen LogP contribution in [0.15, 0.2) is 22.7 Å². The van der Waals surface area contributed by atoms with Crippen molar-refractivity contribution in [3.8, 4) is 17.0 Å². The number of H-pyrrole nitrogens is 1. The number of halogens is 1. The molecule has 1 aromatic heterocycles. The van der Waals surface area contributed by atoms with Gasteiger partial charge >= 0.3 is 0 Å². The molecule has 2 aromatic rings. The Kier molecular flexibility index (Phi) is 4.04. The second kappa shape index (κ2) is 5.54. The maximum atomic E-state index is 5.22. The van der Waals surface area contributed by atoms with Gasteiger partial charge in [0.15, 0.2) is 0 Å². The number of hydrogen-bond acceptors (Lipinski definition) is 3. The van der Waals surface area contributed by atoms with Crippen LogP contribution in [0.5, 0.6) is 5.75 Å².